The summed E-state index contributed by atoms with van der Waals surface area (Å²) in [5, 5.41) is 0.689. The quantitative estimate of drug-likeness (QED) is 0.871. The molecule has 1 N–H and O–H groups in total. The Labute approximate surface area is 120 Å². The van der Waals surface area contributed by atoms with E-state index in [1.54, 1.807) is 13.8 Å². The van der Waals surface area contributed by atoms with Crippen LogP contribution in [0.1, 0.15) is 33.3 Å². The molecule has 0 bridgehead atoms. The lowest BCUT2D eigenvalue weighted by molar-refractivity contribution is 0.0525. The zero-order chi connectivity index (χ0) is 15.6. The summed E-state index contributed by atoms with van der Waals surface area (Å²) in [5.74, 6) is -1.08. The highest BCUT2D eigenvalue weighted by Gasteiger charge is 2.18. The van der Waals surface area contributed by atoms with Crippen molar-refractivity contribution in [2.45, 2.75) is 13.8 Å². The molecule has 6 heteroatoms. The van der Waals surface area contributed by atoms with Crippen molar-refractivity contribution < 1.29 is 19.1 Å². The smallest absolute Gasteiger partial charge is 0.340 e. The van der Waals surface area contributed by atoms with Gasteiger partial charge in [0, 0.05) is 16.5 Å². The Morgan fingerprint density at radius 3 is 2.52 bits per heavy atom. The number of aromatic amines is 1. The molecule has 0 aliphatic rings. The molecule has 2 rings (SSSR count). The van der Waals surface area contributed by atoms with Crippen LogP contribution >= 0.6 is 0 Å². The van der Waals surface area contributed by atoms with Crippen LogP contribution < -0.4 is 5.56 Å². The zero-order valence-electron chi connectivity index (χ0n) is 12.0. The molecule has 0 aliphatic heterocycles. The van der Waals surface area contributed by atoms with Gasteiger partial charge in [0.25, 0.3) is 5.56 Å². The number of aryl methyl sites for hydroxylation is 1. The van der Waals surface area contributed by atoms with Crippen LogP contribution in [0.4, 0.5) is 0 Å². The maximum Gasteiger partial charge on any atom is 0.340 e. The lowest BCUT2D eigenvalue weighted by Gasteiger charge is -2.10. The molecule has 6 nitrogen and oxygen atoms in total. The summed E-state index contributed by atoms with van der Waals surface area (Å²) in [5.41, 5.74) is 0.581. The molecule has 0 atom stereocenters. The molecule has 0 aliphatic carbocycles. The summed E-state index contributed by atoms with van der Waals surface area (Å²) in [4.78, 5) is 38.3. The Hall–Kier alpha value is -2.63. The summed E-state index contributed by atoms with van der Waals surface area (Å²) in [7, 11) is 1.27. The van der Waals surface area contributed by atoms with E-state index in [1.165, 1.54) is 25.3 Å². The van der Waals surface area contributed by atoms with Crippen molar-refractivity contribution in [2.24, 2.45) is 0 Å². The van der Waals surface area contributed by atoms with Crippen LogP contribution in [-0.2, 0) is 9.47 Å². The largest absolute Gasteiger partial charge is 0.465 e. The standard InChI is InChI=1S/C15H15NO5/c1-4-21-15(19)12-8(2)16-13(17)10-6-5-9(7-11(10)12)14(18)20-3/h5-7H,4H2,1-3H3,(H,16,17). The van der Waals surface area contributed by atoms with E-state index < -0.39 is 11.9 Å². The van der Waals surface area contributed by atoms with Crippen molar-refractivity contribution in [3.05, 3.63) is 45.4 Å². The first kappa shape index (κ1) is 14.8. The topological polar surface area (TPSA) is 85.5 Å². The van der Waals surface area contributed by atoms with E-state index in [1.807, 2.05) is 0 Å². The van der Waals surface area contributed by atoms with Crippen molar-refractivity contribution >= 4 is 22.7 Å². The normalized spacial score (nSPS) is 10.4. The third-order valence-corrected chi connectivity index (χ3v) is 3.11. The van der Waals surface area contributed by atoms with E-state index in [0.717, 1.165) is 0 Å². The minimum absolute atomic E-state index is 0.218. The fourth-order valence-electron chi connectivity index (χ4n) is 2.16. The molecule has 110 valence electrons. The van der Waals surface area contributed by atoms with E-state index in [4.69, 9.17) is 4.74 Å². The average molecular weight is 289 g/mol. The number of methoxy groups -OCH3 is 1. The van der Waals surface area contributed by atoms with Crippen LogP contribution in [0.3, 0.4) is 0 Å². The van der Waals surface area contributed by atoms with Crippen LogP contribution in [0.25, 0.3) is 10.8 Å². The van der Waals surface area contributed by atoms with Gasteiger partial charge in [-0.2, -0.15) is 0 Å². The van der Waals surface area contributed by atoms with E-state index >= 15 is 0 Å². The third-order valence-electron chi connectivity index (χ3n) is 3.11. The fourth-order valence-corrected chi connectivity index (χ4v) is 2.16. The Morgan fingerprint density at radius 2 is 1.90 bits per heavy atom. The lowest BCUT2D eigenvalue weighted by atomic mass is 10.0. The Morgan fingerprint density at radius 1 is 1.19 bits per heavy atom. The summed E-state index contributed by atoms with van der Waals surface area (Å²) < 4.78 is 9.66. The highest BCUT2D eigenvalue weighted by molar-refractivity contribution is 6.07. The lowest BCUT2D eigenvalue weighted by Crippen LogP contribution is -2.16. The van der Waals surface area contributed by atoms with Crippen LogP contribution in [0.5, 0.6) is 0 Å². The van der Waals surface area contributed by atoms with Gasteiger partial charge in [0.2, 0.25) is 0 Å². The highest BCUT2D eigenvalue weighted by atomic mass is 16.5. The van der Waals surface area contributed by atoms with Crippen molar-refractivity contribution in [3.63, 3.8) is 0 Å². The van der Waals surface area contributed by atoms with Crippen LogP contribution in [0.2, 0.25) is 0 Å². The summed E-state index contributed by atoms with van der Waals surface area (Å²) in [6.07, 6.45) is 0. The maximum atomic E-state index is 12.1. The molecule has 1 heterocycles. The van der Waals surface area contributed by atoms with Gasteiger partial charge in [-0.25, -0.2) is 9.59 Å². The number of esters is 2. The van der Waals surface area contributed by atoms with Gasteiger partial charge in [-0.3, -0.25) is 4.79 Å². The maximum absolute atomic E-state index is 12.1. The first-order chi connectivity index (χ1) is 9.99. The van der Waals surface area contributed by atoms with Gasteiger partial charge in [-0.1, -0.05) is 0 Å². The van der Waals surface area contributed by atoms with Gasteiger partial charge in [-0.15, -0.1) is 0 Å². The first-order valence-electron chi connectivity index (χ1n) is 6.41. The molecule has 0 saturated heterocycles. The summed E-state index contributed by atoms with van der Waals surface area (Å²) in [6.45, 7) is 3.52. The van der Waals surface area contributed by atoms with Gasteiger partial charge < -0.3 is 14.5 Å². The number of carbonyl (C=O) groups excluding carboxylic acids is 2. The number of pyridine rings is 1. The van der Waals surface area contributed by atoms with E-state index in [2.05, 4.69) is 9.72 Å². The second-order valence-electron chi connectivity index (χ2n) is 4.43. The molecule has 0 spiro atoms. The van der Waals surface area contributed by atoms with Crippen molar-refractivity contribution in [1.29, 1.82) is 0 Å². The highest BCUT2D eigenvalue weighted by Crippen LogP contribution is 2.21. The molecule has 0 radical (unpaired) electrons. The number of ether oxygens (including phenoxy) is 2. The molecular weight excluding hydrogens is 274 g/mol. The van der Waals surface area contributed by atoms with Gasteiger partial charge >= 0.3 is 11.9 Å². The third kappa shape index (κ3) is 2.65. The SMILES string of the molecule is CCOC(=O)c1c(C)[nH]c(=O)c2ccc(C(=O)OC)cc12. The van der Waals surface area contributed by atoms with E-state index in [-0.39, 0.29) is 23.3 Å². The minimum atomic E-state index is -0.543. The number of hydrogen-bond acceptors (Lipinski definition) is 5. The average Bonchev–Trinajstić information content (AvgIpc) is 2.46. The van der Waals surface area contributed by atoms with Crippen molar-refractivity contribution in [1.82, 2.24) is 4.98 Å². The number of fused-ring (bicyclic) bond motifs is 1. The van der Waals surface area contributed by atoms with Crippen LogP contribution in [0.15, 0.2) is 23.0 Å². The predicted octanol–water partition coefficient (Wildman–Crippen LogP) is 1.80. The van der Waals surface area contributed by atoms with E-state index in [9.17, 15) is 14.4 Å². The monoisotopic (exact) mass is 289 g/mol. The van der Waals surface area contributed by atoms with Crippen molar-refractivity contribution in [2.75, 3.05) is 13.7 Å². The second kappa shape index (κ2) is 5.78. The first-order valence-corrected chi connectivity index (χ1v) is 6.41. The molecule has 21 heavy (non-hydrogen) atoms. The Bertz CT molecular complexity index is 775. The Kier molecular flexibility index (Phi) is 4.07. The fraction of sp³-hybridized carbons (Fsp3) is 0.267. The Balaban J connectivity index is 2.79. The molecule has 0 saturated carbocycles. The number of rotatable bonds is 3. The summed E-state index contributed by atoms with van der Waals surface area (Å²) >= 11 is 0. The molecule has 0 fully saturated rings. The number of benzene rings is 1. The number of H-pyrrole nitrogens is 1. The van der Waals surface area contributed by atoms with Gasteiger partial charge in [0.05, 0.1) is 24.8 Å². The van der Waals surface area contributed by atoms with Gasteiger partial charge in [0.1, 0.15) is 0 Å². The molecule has 2 aromatic rings. The number of hydrogen-bond donors (Lipinski definition) is 1. The zero-order valence-corrected chi connectivity index (χ0v) is 12.0. The minimum Gasteiger partial charge on any atom is -0.465 e. The molecule has 0 amide bonds. The molecule has 1 aromatic heterocycles. The number of carbonyl (C=O) groups is 2. The molecule has 0 unspecified atom stereocenters. The molecular formula is C15H15NO5. The van der Waals surface area contributed by atoms with Crippen molar-refractivity contribution in [3.8, 4) is 0 Å². The second-order valence-corrected chi connectivity index (χ2v) is 4.43. The predicted molar refractivity (Wildman–Crippen MR) is 76.6 cm³/mol. The van der Waals surface area contributed by atoms with Crippen LogP contribution in [0, 0.1) is 6.92 Å². The van der Waals surface area contributed by atoms with Gasteiger partial charge in [0.15, 0.2) is 0 Å². The number of nitrogens with one attached hydrogen (secondary N) is 1. The van der Waals surface area contributed by atoms with Gasteiger partial charge in [-0.05, 0) is 32.0 Å². The van der Waals surface area contributed by atoms with E-state index in [0.29, 0.717) is 16.5 Å². The van der Waals surface area contributed by atoms with Crippen LogP contribution in [-0.4, -0.2) is 30.6 Å². The number of aromatic nitrogens is 1. The summed E-state index contributed by atoms with van der Waals surface area (Å²) in [6, 6.07) is 4.44. The molecule has 1 aromatic carbocycles.